The molecular formula is C16H31IN4O2. The van der Waals surface area contributed by atoms with Gasteiger partial charge in [0, 0.05) is 31.7 Å². The molecular weight excluding hydrogens is 407 g/mol. The lowest BCUT2D eigenvalue weighted by atomic mass is 9.99. The molecule has 0 aromatic carbocycles. The molecule has 0 saturated heterocycles. The van der Waals surface area contributed by atoms with Crippen LogP contribution in [-0.2, 0) is 11.3 Å². The Morgan fingerprint density at radius 1 is 1.26 bits per heavy atom. The zero-order valence-electron chi connectivity index (χ0n) is 14.7. The Morgan fingerprint density at radius 2 is 2.00 bits per heavy atom. The maximum atomic E-state index is 5.38. The fourth-order valence-electron chi connectivity index (χ4n) is 2.19. The lowest BCUT2D eigenvalue weighted by Gasteiger charge is -2.10. The van der Waals surface area contributed by atoms with Crippen LogP contribution < -0.4 is 10.6 Å². The summed E-state index contributed by atoms with van der Waals surface area (Å²) in [6.07, 6.45) is 2.15. The summed E-state index contributed by atoms with van der Waals surface area (Å²) in [7, 11) is 0. The van der Waals surface area contributed by atoms with Gasteiger partial charge in [-0.15, -0.1) is 24.0 Å². The van der Waals surface area contributed by atoms with Gasteiger partial charge in [0.05, 0.1) is 12.3 Å². The number of hydrogen-bond donors (Lipinski definition) is 2. The Bertz CT molecular complexity index is 433. The Kier molecular flexibility index (Phi) is 13.1. The van der Waals surface area contributed by atoms with Crippen LogP contribution in [0.3, 0.4) is 0 Å². The van der Waals surface area contributed by atoms with Crippen molar-refractivity contribution in [2.24, 2.45) is 4.99 Å². The standard InChI is InChI=1S/C16H30N4O2.HI/c1-5-13(6-2)15-11-14(22-20-15)12-19-16(17-7-3)18-9-10-21-8-4;/h11,13H,5-10,12H2,1-4H3,(H2,17,18,19);1H. The third-order valence-electron chi connectivity index (χ3n) is 3.46. The topological polar surface area (TPSA) is 71.7 Å². The molecule has 0 unspecified atom stereocenters. The Hall–Kier alpha value is -0.830. The van der Waals surface area contributed by atoms with Gasteiger partial charge in [0.15, 0.2) is 11.7 Å². The Balaban J connectivity index is 0.00000484. The molecule has 6 nitrogen and oxygen atoms in total. The first-order chi connectivity index (χ1) is 10.7. The van der Waals surface area contributed by atoms with Gasteiger partial charge in [-0.25, -0.2) is 4.99 Å². The second-order valence-corrected chi connectivity index (χ2v) is 5.05. The molecule has 1 heterocycles. The van der Waals surface area contributed by atoms with Gasteiger partial charge in [0.2, 0.25) is 0 Å². The van der Waals surface area contributed by atoms with Crippen molar-refractivity contribution in [1.29, 1.82) is 0 Å². The highest BCUT2D eigenvalue weighted by molar-refractivity contribution is 14.0. The van der Waals surface area contributed by atoms with Crippen LogP contribution in [0, 0.1) is 0 Å². The SMILES string of the molecule is CCNC(=NCc1cc(C(CC)CC)no1)NCCOCC.I. The average molecular weight is 438 g/mol. The van der Waals surface area contributed by atoms with Crippen LogP contribution in [-0.4, -0.2) is 37.4 Å². The van der Waals surface area contributed by atoms with E-state index in [1.54, 1.807) is 0 Å². The number of aromatic nitrogens is 1. The van der Waals surface area contributed by atoms with Crippen LogP contribution >= 0.6 is 24.0 Å². The highest BCUT2D eigenvalue weighted by Gasteiger charge is 2.12. The van der Waals surface area contributed by atoms with Gasteiger partial charge in [0.1, 0.15) is 6.54 Å². The number of rotatable bonds is 10. The average Bonchev–Trinajstić information content (AvgIpc) is 2.99. The van der Waals surface area contributed by atoms with Crippen LogP contribution in [0.5, 0.6) is 0 Å². The third-order valence-corrected chi connectivity index (χ3v) is 3.46. The van der Waals surface area contributed by atoms with Gasteiger partial charge in [-0.2, -0.15) is 0 Å². The van der Waals surface area contributed by atoms with Gasteiger partial charge in [-0.3, -0.25) is 0 Å². The first-order valence-corrected chi connectivity index (χ1v) is 8.30. The summed E-state index contributed by atoms with van der Waals surface area (Å²) in [6, 6.07) is 2.02. The smallest absolute Gasteiger partial charge is 0.191 e. The van der Waals surface area contributed by atoms with Crippen molar-refractivity contribution in [3.63, 3.8) is 0 Å². The van der Waals surface area contributed by atoms with E-state index in [0.29, 0.717) is 19.1 Å². The predicted molar refractivity (Wildman–Crippen MR) is 105 cm³/mol. The number of hydrogen-bond acceptors (Lipinski definition) is 4. The van der Waals surface area contributed by atoms with E-state index in [9.17, 15) is 0 Å². The second-order valence-electron chi connectivity index (χ2n) is 5.05. The summed E-state index contributed by atoms with van der Waals surface area (Å²) >= 11 is 0. The van der Waals surface area contributed by atoms with E-state index in [2.05, 4.69) is 34.6 Å². The van der Waals surface area contributed by atoms with Crippen LogP contribution in [0.4, 0.5) is 0 Å². The molecule has 1 rings (SSSR count). The molecule has 0 amide bonds. The first-order valence-electron chi connectivity index (χ1n) is 8.30. The van der Waals surface area contributed by atoms with E-state index >= 15 is 0 Å². The van der Waals surface area contributed by atoms with Crippen molar-refractivity contribution in [2.75, 3.05) is 26.3 Å². The summed E-state index contributed by atoms with van der Waals surface area (Å²) in [4.78, 5) is 4.51. The molecule has 23 heavy (non-hydrogen) atoms. The van der Waals surface area contributed by atoms with Crippen LogP contribution in [0.2, 0.25) is 0 Å². The second kappa shape index (κ2) is 13.6. The number of aliphatic imine (C=N–C) groups is 1. The van der Waals surface area contributed by atoms with Crippen molar-refractivity contribution in [3.05, 3.63) is 17.5 Å². The number of ether oxygens (including phenoxy) is 1. The van der Waals surface area contributed by atoms with Crippen molar-refractivity contribution in [3.8, 4) is 0 Å². The van der Waals surface area contributed by atoms with E-state index in [-0.39, 0.29) is 24.0 Å². The number of nitrogens with zero attached hydrogens (tertiary/aromatic N) is 2. The fraction of sp³-hybridized carbons (Fsp3) is 0.750. The van der Waals surface area contributed by atoms with Gasteiger partial charge in [-0.05, 0) is 26.7 Å². The van der Waals surface area contributed by atoms with E-state index in [1.807, 2.05) is 19.9 Å². The summed E-state index contributed by atoms with van der Waals surface area (Å²) in [6.45, 7) is 11.8. The molecule has 0 bridgehead atoms. The minimum absolute atomic E-state index is 0. The van der Waals surface area contributed by atoms with Gasteiger partial charge >= 0.3 is 0 Å². The molecule has 2 N–H and O–H groups in total. The Morgan fingerprint density at radius 3 is 2.61 bits per heavy atom. The third kappa shape index (κ3) is 8.55. The largest absolute Gasteiger partial charge is 0.380 e. The number of guanidine groups is 1. The van der Waals surface area contributed by atoms with Crippen LogP contribution in [0.1, 0.15) is 57.9 Å². The normalized spacial score (nSPS) is 11.4. The summed E-state index contributed by atoms with van der Waals surface area (Å²) in [5.41, 5.74) is 1.03. The van der Waals surface area contributed by atoms with Crippen molar-refractivity contribution >= 4 is 29.9 Å². The van der Waals surface area contributed by atoms with Crippen molar-refractivity contribution < 1.29 is 9.26 Å². The molecule has 0 spiro atoms. The maximum absolute atomic E-state index is 5.38. The molecule has 1 aromatic rings. The molecule has 0 saturated carbocycles. The van der Waals surface area contributed by atoms with Gasteiger partial charge < -0.3 is 19.9 Å². The van der Waals surface area contributed by atoms with E-state index < -0.39 is 0 Å². The van der Waals surface area contributed by atoms with E-state index in [0.717, 1.165) is 50.0 Å². The molecule has 0 aliphatic heterocycles. The minimum atomic E-state index is 0. The van der Waals surface area contributed by atoms with Gasteiger partial charge in [0.25, 0.3) is 0 Å². The molecule has 0 fully saturated rings. The van der Waals surface area contributed by atoms with E-state index in [4.69, 9.17) is 9.26 Å². The number of nitrogens with one attached hydrogen (secondary N) is 2. The molecule has 0 radical (unpaired) electrons. The lowest BCUT2D eigenvalue weighted by Crippen LogP contribution is -2.38. The van der Waals surface area contributed by atoms with E-state index in [1.165, 1.54) is 0 Å². The summed E-state index contributed by atoms with van der Waals surface area (Å²) in [5, 5.41) is 10.6. The monoisotopic (exact) mass is 438 g/mol. The maximum Gasteiger partial charge on any atom is 0.191 e. The predicted octanol–water partition coefficient (Wildman–Crippen LogP) is 3.29. The molecule has 0 aliphatic rings. The molecule has 0 atom stereocenters. The zero-order valence-corrected chi connectivity index (χ0v) is 17.1. The highest BCUT2D eigenvalue weighted by atomic mass is 127. The Labute approximate surface area is 156 Å². The van der Waals surface area contributed by atoms with Gasteiger partial charge in [-0.1, -0.05) is 19.0 Å². The first kappa shape index (κ1) is 22.2. The minimum Gasteiger partial charge on any atom is -0.380 e. The fourth-order valence-corrected chi connectivity index (χ4v) is 2.19. The lowest BCUT2D eigenvalue weighted by molar-refractivity contribution is 0.152. The van der Waals surface area contributed by atoms with Crippen molar-refractivity contribution in [2.45, 2.75) is 53.0 Å². The van der Waals surface area contributed by atoms with Crippen molar-refractivity contribution in [1.82, 2.24) is 15.8 Å². The molecule has 0 aliphatic carbocycles. The molecule has 7 heteroatoms. The molecule has 134 valence electrons. The summed E-state index contributed by atoms with van der Waals surface area (Å²) in [5.74, 6) is 2.03. The van der Waals surface area contributed by atoms with Crippen LogP contribution in [0.25, 0.3) is 0 Å². The zero-order chi connectivity index (χ0) is 16.2. The summed E-state index contributed by atoms with van der Waals surface area (Å²) < 4.78 is 10.7. The molecule has 1 aromatic heterocycles. The quantitative estimate of drug-likeness (QED) is 0.254. The highest BCUT2D eigenvalue weighted by Crippen LogP contribution is 2.22. The van der Waals surface area contributed by atoms with Crippen LogP contribution in [0.15, 0.2) is 15.6 Å². The number of halogens is 1.